The van der Waals surface area contributed by atoms with E-state index in [0.717, 1.165) is 0 Å². The predicted molar refractivity (Wildman–Crippen MR) is 121 cm³/mol. The molecule has 0 aliphatic carbocycles. The molecule has 3 heterocycles. The second-order valence-corrected chi connectivity index (χ2v) is 9.08. The Hall–Kier alpha value is -2.98. The van der Waals surface area contributed by atoms with Crippen LogP contribution in [-0.4, -0.2) is 41.6 Å². The third-order valence-electron chi connectivity index (χ3n) is 6.51. The van der Waals surface area contributed by atoms with E-state index in [1.807, 2.05) is 0 Å². The highest BCUT2D eigenvalue weighted by Gasteiger charge is 2.48. The van der Waals surface area contributed by atoms with Gasteiger partial charge in [-0.05, 0) is 39.3 Å². The number of nitrogens with zero attached hydrogens (tertiary/aromatic N) is 2. The number of esters is 1. The number of hydrogen-bond acceptors (Lipinski definition) is 5. The van der Waals surface area contributed by atoms with Crippen LogP contribution < -0.4 is 10.3 Å². The molecule has 1 N–H and O–H groups in total. The van der Waals surface area contributed by atoms with Crippen LogP contribution in [0, 0.1) is 32.6 Å². The van der Waals surface area contributed by atoms with Crippen LogP contribution in [0.1, 0.15) is 53.6 Å². The van der Waals surface area contributed by atoms with E-state index in [4.69, 9.17) is 4.74 Å². The highest BCUT2D eigenvalue weighted by Crippen LogP contribution is 2.43. The van der Waals surface area contributed by atoms with Crippen molar-refractivity contribution in [3.8, 4) is 11.3 Å². The lowest BCUT2D eigenvalue weighted by molar-refractivity contribution is -0.141. The van der Waals surface area contributed by atoms with E-state index in [1.54, 1.807) is 13.8 Å². The number of aromatic amines is 1. The summed E-state index contributed by atoms with van der Waals surface area (Å²) in [4.78, 5) is 34.0. The Morgan fingerprint density at radius 1 is 1.20 bits per heavy atom. The molecule has 1 fully saturated rings. The minimum atomic E-state index is -4.80. The number of hydrogen-bond donors (Lipinski definition) is 1. The summed E-state index contributed by atoms with van der Waals surface area (Å²) in [7, 11) is 0. The van der Waals surface area contributed by atoms with Gasteiger partial charge >= 0.3 is 12.1 Å². The molecule has 0 saturated carbocycles. The summed E-state index contributed by atoms with van der Waals surface area (Å²) >= 11 is 0. The number of anilines is 1. The fourth-order valence-corrected chi connectivity index (χ4v) is 4.37. The highest BCUT2D eigenvalue weighted by atomic mass is 19.4. The van der Waals surface area contributed by atoms with Gasteiger partial charge in [-0.2, -0.15) is 13.2 Å². The first-order chi connectivity index (χ1) is 16.1. The number of pyridine rings is 2. The third-order valence-corrected chi connectivity index (χ3v) is 6.51. The molecule has 3 rings (SSSR count). The van der Waals surface area contributed by atoms with Gasteiger partial charge in [0, 0.05) is 41.7 Å². The van der Waals surface area contributed by atoms with Crippen molar-refractivity contribution >= 4 is 11.8 Å². The number of H-pyrrole nitrogens is 1. The molecule has 0 aromatic carbocycles. The fraction of sp³-hybridized carbons (Fsp3) is 0.542. The maximum Gasteiger partial charge on any atom is 0.433 e. The van der Waals surface area contributed by atoms with Crippen molar-refractivity contribution in [2.24, 2.45) is 11.8 Å². The normalized spacial score (nSPS) is 20.1. The van der Waals surface area contributed by atoms with E-state index < -0.39 is 41.0 Å². The molecule has 2 atom stereocenters. The highest BCUT2D eigenvalue weighted by molar-refractivity contribution is 5.98. The molecule has 192 valence electrons. The van der Waals surface area contributed by atoms with Crippen molar-refractivity contribution in [2.45, 2.75) is 53.6 Å². The zero-order valence-electron chi connectivity index (χ0n) is 20.4. The summed E-state index contributed by atoms with van der Waals surface area (Å²) < 4.78 is 75.3. The summed E-state index contributed by atoms with van der Waals surface area (Å²) in [5.74, 6) is -6.53. The van der Waals surface area contributed by atoms with Crippen molar-refractivity contribution in [3.63, 3.8) is 0 Å². The molecule has 6 nitrogen and oxygen atoms in total. The van der Waals surface area contributed by atoms with Crippen molar-refractivity contribution in [1.82, 2.24) is 9.97 Å². The third kappa shape index (κ3) is 4.77. The van der Waals surface area contributed by atoms with Crippen molar-refractivity contribution in [2.75, 3.05) is 24.6 Å². The van der Waals surface area contributed by atoms with Gasteiger partial charge in [0.15, 0.2) is 5.43 Å². The monoisotopic (exact) mass is 501 g/mol. The zero-order chi connectivity index (χ0) is 26.5. The minimum Gasteiger partial charge on any atom is -0.462 e. The number of carbonyl (C=O) groups excluding carboxylic acids is 1. The lowest BCUT2D eigenvalue weighted by Gasteiger charge is -2.42. The molecule has 1 aliphatic rings. The Kier molecular flexibility index (Phi) is 7.02. The Balaban J connectivity index is 2.36. The molecule has 11 heteroatoms. The van der Waals surface area contributed by atoms with E-state index in [0.29, 0.717) is 5.69 Å². The second kappa shape index (κ2) is 9.23. The average Bonchev–Trinajstić information content (AvgIpc) is 2.74. The molecule has 35 heavy (non-hydrogen) atoms. The first-order valence-electron chi connectivity index (χ1n) is 11.2. The Morgan fingerprint density at radius 3 is 2.29 bits per heavy atom. The Bertz CT molecular complexity index is 1190. The topological polar surface area (TPSA) is 75.3 Å². The first-order valence-corrected chi connectivity index (χ1v) is 11.2. The van der Waals surface area contributed by atoms with E-state index in [-0.39, 0.29) is 53.5 Å². The van der Waals surface area contributed by atoms with Crippen LogP contribution in [0.3, 0.4) is 0 Å². The maximum atomic E-state index is 14.5. The number of aromatic nitrogens is 2. The van der Waals surface area contributed by atoms with Gasteiger partial charge in [-0.15, -0.1) is 0 Å². The summed E-state index contributed by atoms with van der Waals surface area (Å²) in [6.45, 7) is 7.95. The number of piperidine rings is 1. The van der Waals surface area contributed by atoms with Crippen LogP contribution in [0.15, 0.2) is 10.9 Å². The molecule has 0 spiro atoms. The van der Waals surface area contributed by atoms with Crippen molar-refractivity contribution < 1.29 is 31.5 Å². The van der Waals surface area contributed by atoms with Crippen LogP contribution in [0.2, 0.25) is 0 Å². The van der Waals surface area contributed by atoms with Gasteiger partial charge in [0.2, 0.25) is 0 Å². The maximum absolute atomic E-state index is 14.5. The molecule has 1 aliphatic heterocycles. The minimum absolute atomic E-state index is 0.0297. The van der Waals surface area contributed by atoms with E-state index >= 15 is 0 Å². The summed E-state index contributed by atoms with van der Waals surface area (Å²) in [5.41, 5.74) is -1.81. The summed E-state index contributed by atoms with van der Waals surface area (Å²) in [6.07, 6.45) is -4.80. The lowest BCUT2D eigenvalue weighted by atomic mass is 9.86. The van der Waals surface area contributed by atoms with Crippen LogP contribution in [-0.2, 0) is 10.9 Å². The van der Waals surface area contributed by atoms with Crippen LogP contribution in [0.25, 0.3) is 11.3 Å². The first kappa shape index (κ1) is 26.6. The van der Waals surface area contributed by atoms with Gasteiger partial charge < -0.3 is 14.6 Å². The van der Waals surface area contributed by atoms with E-state index in [2.05, 4.69) is 9.97 Å². The largest absolute Gasteiger partial charge is 0.462 e. The van der Waals surface area contributed by atoms with Gasteiger partial charge in [-0.25, -0.2) is 18.6 Å². The number of rotatable bonds is 4. The molecule has 0 radical (unpaired) electrons. The molecule has 0 bridgehead atoms. The number of ether oxygens (including phenoxy) is 1. The Morgan fingerprint density at radius 2 is 1.77 bits per heavy atom. The molecule has 1 saturated heterocycles. The number of aryl methyl sites for hydroxylation is 2. The van der Waals surface area contributed by atoms with Crippen molar-refractivity contribution in [3.05, 3.63) is 44.4 Å². The number of nitrogens with one attached hydrogen (secondary N) is 1. The molecule has 0 amide bonds. The Labute approximate surface area is 199 Å². The fourth-order valence-electron chi connectivity index (χ4n) is 4.37. The standard InChI is InChI=1S/C24H28F5N3O3/c1-7-35-22(34)17-18(30-15(6)14(5)19(17)33)16-8-11(2)20(24(27,28)29)31-21(16)32-9-12(3)23(25,26)13(4)10-32/h8,12-13H,7,9-10H2,1-6H3,(H,30,33)/t12-,13?/m1/s1. The predicted octanol–water partition coefficient (Wildman–Crippen LogP) is 5.29. The zero-order valence-corrected chi connectivity index (χ0v) is 20.4. The average molecular weight is 501 g/mol. The molecular weight excluding hydrogens is 473 g/mol. The number of alkyl halides is 5. The summed E-state index contributed by atoms with van der Waals surface area (Å²) in [5, 5.41) is 0. The SMILES string of the molecule is CCOC(=O)c1c(-c2cc(C)c(C(F)(F)F)nc2N2CC(C)C(F)(F)[C@H](C)C2)[nH]c(C)c(C)c1=O. The van der Waals surface area contributed by atoms with Gasteiger partial charge in [-0.3, -0.25) is 4.79 Å². The van der Waals surface area contributed by atoms with Gasteiger partial charge in [-0.1, -0.05) is 13.8 Å². The van der Waals surface area contributed by atoms with Crippen molar-refractivity contribution in [1.29, 1.82) is 0 Å². The van der Waals surface area contributed by atoms with Crippen LogP contribution in [0.5, 0.6) is 0 Å². The van der Waals surface area contributed by atoms with E-state index in [1.165, 1.54) is 38.7 Å². The lowest BCUT2D eigenvalue weighted by Crippen LogP contribution is -2.52. The quantitative estimate of drug-likeness (QED) is 0.456. The van der Waals surface area contributed by atoms with E-state index in [9.17, 15) is 31.5 Å². The van der Waals surface area contributed by atoms with Gasteiger partial charge in [0.25, 0.3) is 5.92 Å². The molecule has 1 unspecified atom stereocenters. The van der Waals surface area contributed by atoms with Gasteiger partial charge in [0.05, 0.1) is 12.3 Å². The molecular formula is C24H28F5N3O3. The van der Waals surface area contributed by atoms with Gasteiger partial charge in [0.1, 0.15) is 17.1 Å². The van der Waals surface area contributed by atoms with Crippen LogP contribution >= 0.6 is 0 Å². The van der Waals surface area contributed by atoms with Crippen LogP contribution in [0.4, 0.5) is 27.8 Å². The molecule has 2 aromatic rings. The smallest absolute Gasteiger partial charge is 0.433 e. The molecule has 2 aromatic heterocycles. The number of halogens is 5. The summed E-state index contributed by atoms with van der Waals surface area (Å²) in [6, 6.07) is 1.18. The second-order valence-electron chi connectivity index (χ2n) is 9.08. The number of carbonyl (C=O) groups is 1.